The summed E-state index contributed by atoms with van der Waals surface area (Å²) in [5, 5.41) is 15.1. The van der Waals surface area contributed by atoms with E-state index in [9.17, 15) is 0 Å². The molecule has 0 aliphatic heterocycles. The van der Waals surface area contributed by atoms with Gasteiger partial charge in [-0.2, -0.15) is 4.68 Å². The quantitative estimate of drug-likeness (QED) is 0.782. The molecule has 0 spiro atoms. The van der Waals surface area contributed by atoms with Gasteiger partial charge in [0.1, 0.15) is 0 Å². The van der Waals surface area contributed by atoms with Crippen LogP contribution in [0.3, 0.4) is 0 Å². The molecule has 0 aliphatic carbocycles. The predicted octanol–water partition coefficient (Wildman–Crippen LogP) is 2.33. The van der Waals surface area contributed by atoms with Crippen LogP contribution in [0.1, 0.15) is 16.8 Å². The third-order valence-electron chi connectivity index (χ3n) is 3.42. The summed E-state index contributed by atoms with van der Waals surface area (Å²) in [7, 11) is 0. The zero-order valence-corrected chi connectivity index (χ0v) is 12.7. The van der Waals surface area contributed by atoms with Gasteiger partial charge in [0.25, 0.3) is 0 Å². The van der Waals surface area contributed by atoms with Crippen LogP contribution in [0.25, 0.3) is 5.69 Å². The van der Waals surface area contributed by atoms with E-state index >= 15 is 0 Å². The van der Waals surface area contributed by atoms with Gasteiger partial charge >= 0.3 is 0 Å². The Hall–Kier alpha value is -2.76. The van der Waals surface area contributed by atoms with E-state index in [2.05, 4.69) is 38.8 Å². The molecule has 0 atom stereocenters. The third-order valence-corrected chi connectivity index (χ3v) is 3.42. The van der Waals surface area contributed by atoms with Gasteiger partial charge in [0.2, 0.25) is 5.95 Å². The van der Waals surface area contributed by atoms with E-state index in [1.165, 1.54) is 11.1 Å². The van der Waals surface area contributed by atoms with Crippen LogP contribution < -0.4 is 5.32 Å². The van der Waals surface area contributed by atoms with Gasteiger partial charge in [-0.25, -0.2) is 0 Å². The van der Waals surface area contributed by atoms with Gasteiger partial charge in [0.15, 0.2) is 0 Å². The van der Waals surface area contributed by atoms with Crippen molar-refractivity contribution in [1.29, 1.82) is 0 Å². The normalized spacial score (nSPS) is 10.6. The molecule has 6 nitrogen and oxygen atoms in total. The highest BCUT2D eigenvalue weighted by Gasteiger charge is 2.07. The minimum atomic E-state index is 0.643. The van der Waals surface area contributed by atoms with Gasteiger partial charge in [0.05, 0.1) is 5.69 Å². The lowest BCUT2D eigenvalue weighted by Crippen LogP contribution is -2.10. The largest absolute Gasteiger partial charge is 0.352 e. The molecule has 112 valence electrons. The molecule has 1 aromatic carbocycles. The maximum Gasteiger partial charge on any atom is 0.247 e. The number of pyridine rings is 1. The summed E-state index contributed by atoms with van der Waals surface area (Å²) in [6, 6.07) is 12.2. The summed E-state index contributed by atoms with van der Waals surface area (Å²) < 4.78 is 1.70. The van der Waals surface area contributed by atoms with Crippen molar-refractivity contribution in [1.82, 2.24) is 25.2 Å². The van der Waals surface area contributed by atoms with Crippen LogP contribution in [0.4, 0.5) is 5.95 Å². The first-order valence-corrected chi connectivity index (χ1v) is 7.23. The number of rotatable bonds is 5. The molecule has 22 heavy (non-hydrogen) atoms. The Morgan fingerprint density at radius 3 is 2.59 bits per heavy atom. The summed E-state index contributed by atoms with van der Waals surface area (Å²) in [6.07, 6.45) is 2.77. The van der Waals surface area contributed by atoms with Crippen LogP contribution in [0.15, 0.2) is 42.6 Å². The van der Waals surface area contributed by atoms with Crippen molar-refractivity contribution in [3.05, 3.63) is 59.4 Å². The first kappa shape index (κ1) is 14.2. The average molecular weight is 294 g/mol. The lowest BCUT2D eigenvalue weighted by Gasteiger charge is -2.07. The Balaban J connectivity index is 1.65. The number of nitrogens with zero attached hydrogens (tertiary/aromatic N) is 5. The topological polar surface area (TPSA) is 68.5 Å². The molecule has 3 rings (SSSR count). The molecule has 2 aromatic heterocycles. The lowest BCUT2D eigenvalue weighted by atomic mass is 10.2. The molecular weight excluding hydrogens is 276 g/mol. The van der Waals surface area contributed by atoms with Crippen molar-refractivity contribution >= 4 is 5.95 Å². The van der Waals surface area contributed by atoms with E-state index in [0.29, 0.717) is 5.95 Å². The number of aryl methyl sites for hydroxylation is 2. The van der Waals surface area contributed by atoms with E-state index in [0.717, 1.165) is 24.3 Å². The Labute approximate surface area is 129 Å². The van der Waals surface area contributed by atoms with Crippen LogP contribution in [-0.4, -0.2) is 31.7 Å². The maximum absolute atomic E-state index is 4.29. The molecule has 0 fully saturated rings. The second-order valence-corrected chi connectivity index (χ2v) is 5.23. The lowest BCUT2D eigenvalue weighted by molar-refractivity contribution is 0.788. The van der Waals surface area contributed by atoms with Crippen LogP contribution in [0, 0.1) is 13.8 Å². The standard InChI is InChI=1S/C16H18N6/c1-12-3-7-15(8-4-12)22-16(19-20-21-22)17-10-9-14-6-5-13(2)18-11-14/h3-8,11H,9-10H2,1-2H3,(H,17,19,21). The van der Waals surface area contributed by atoms with Crippen molar-refractivity contribution in [2.75, 3.05) is 11.9 Å². The van der Waals surface area contributed by atoms with Gasteiger partial charge in [-0.15, -0.1) is 0 Å². The Kier molecular flexibility index (Phi) is 4.09. The summed E-state index contributed by atoms with van der Waals surface area (Å²) in [5.41, 5.74) is 4.36. The number of hydrogen-bond acceptors (Lipinski definition) is 5. The highest BCUT2D eigenvalue weighted by Crippen LogP contribution is 2.12. The second kappa shape index (κ2) is 6.34. The summed E-state index contributed by atoms with van der Waals surface area (Å²) >= 11 is 0. The summed E-state index contributed by atoms with van der Waals surface area (Å²) in [4.78, 5) is 4.29. The summed E-state index contributed by atoms with van der Waals surface area (Å²) in [5.74, 6) is 0.643. The number of nitrogens with one attached hydrogen (secondary N) is 1. The van der Waals surface area contributed by atoms with E-state index in [-0.39, 0.29) is 0 Å². The number of hydrogen-bond donors (Lipinski definition) is 1. The van der Waals surface area contributed by atoms with Crippen molar-refractivity contribution in [3.63, 3.8) is 0 Å². The second-order valence-electron chi connectivity index (χ2n) is 5.23. The van der Waals surface area contributed by atoms with Crippen molar-refractivity contribution in [3.8, 4) is 5.69 Å². The van der Waals surface area contributed by atoms with Gasteiger partial charge in [-0.3, -0.25) is 4.98 Å². The van der Waals surface area contributed by atoms with Crippen LogP contribution in [-0.2, 0) is 6.42 Å². The Morgan fingerprint density at radius 1 is 1.05 bits per heavy atom. The molecule has 0 saturated heterocycles. The maximum atomic E-state index is 4.29. The summed E-state index contributed by atoms with van der Waals surface area (Å²) in [6.45, 7) is 4.78. The number of benzene rings is 1. The smallest absolute Gasteiger partial charge is 0.247 e. The van der Waals surface area contributed by atoms with E-state index in [4.69, 9.17) is 0 Å². The molecule has 3 aromatic rings. The van der Waals surface area contributed by atoms with Gasteiger partial charge in [0, 0.05) is 18.4 Å². The molecule has 0 radical (unpaired) electrons. The first-order valence-electron chi connectivity index (χ1n) is 7.23. The third kappa shape index (κ3) is 3.28. The fourth-order valence-corrected chi connectivity index (χ4v) is 2.12. The average Bonchev–Trinajstić information content (AvgIpc) is 2.98. The SMILES string of the molecule is Cc1ccc(-n2nnnc2NCCc2ccc(C)nc2)cc1. The van der Waals surface area contributed by atoms with Gasteiger partial charge in [-0.05, 0) is 54.5 Å². The molecule has 0 aliphatic rings. The number of tetrazole rings is 1. The highest BCUT2D eigenvalue weighted by molar-refractivity contribution is 5.40. The zero-order chi connectivity index (χ0) is 15.4. The predicted molar refractivity (Wildman–Crippen MR) is 85.1 cm³/mol. The highest BCUT2D eigenvalue weighted by atomic mass is 15.6. The minimum Gasteiger partial charge on any atom is -0.352 e. The van der Waals surface area contributed by atoms with Crippen LogP contribution in [0.5, 0.6) is 0 Å². The van der Waals surface area contributed by atoms with Gasteiger partial charge < -0.3 is 5.32 Å². The van der Waals surface area contributed by atoms with Crippen molar-refractivity contribution in [2.24, 2.45) is 0 Å². The molecule has 1 N–H and O–H groups in total. The molecular formula is C16H18N6. The minimum absolute atomic E-state index is 0.643. The first-order chi connectivity index (χ1) is 10.7. The molecule has 0 unspecified atom stereocenters. The molecule has 6 heteroatoms. The molecule has 0 saturated carbocycles. The van der Waals surface area contributed by atoms with Gasteiger partial charge in [-0.1, -0.05) is 28.9 Å². The van der Waals surface area contributed by atoms with E-state index in [1.807, 2.05) is 43.5 Å². The zero-order valence-electron chi connectivity index (χ0n) is 12.7. The van der Waals surface area contributed by atoms with E-state index in [1.54, 1.807) is 4.68 Å². The fraction of sp³-hybridized carbons (Fsp3) is 0.250. The fourth-order valence-electron chi connectivity index (χ4n) is 2.12. The number of aromatic nitrogens is 5. The van der Waals surface area contributed by atoms with Crippen LogP contribution >= 0.6 is 0 Å². The molecule has 0 amide bonds. The van der Waals surface area contributed by atoms with Crippen molar-refractivity contribution < 1.29 is 0 Å². The van der Waals surface area contributed by atoms with Crippen molar-refractivity contribution in [2.45, 2.75) is 20.3 Å². The molecule has 2 heterocycles. The van der Waals surface area contributed by atoms with E-state index < -0.39 is 0 Å². The number of anilines is 1. The monoisotopic (exact) mass is 294 g/mol. The Bertz CT molecular complexity index is 730. The van der Waals surface area contributed by atoms with Crippen LogP contribution in [0.2, 0.25) is 0 Å². The molecule has 0 bridgehead atoms. The Morgan fingerprint density at radius 2 is 1.86 bits per heavy atom.